The van der Waals surface area contributed by atoms with Crippen molar-refractivity contribution in [2.45, 2.75) is 6.92 Å². The Bertz CT molecular complexity index is 91.3. The van der Waals surface area contributed by atoms with Gasteiger partial charge in [0.25, 0.3) is 0 Å². The van der Waals surface area contributed by atoms with Gasteiger partial charge in [0.2, 0.25) is 0 Å². The summed E-state index contributed by atoms with van der Waals surface area (Å²) in [6.07, 6.45) is 0. The Morgan fingerprint density at radius 1 is 1.88 bits per heavy atom. The van der Waals surface area contributed by atoms with Crippen LogP contribution in [0.1, 0.15) is 6.92 Å². The average Bonchev–Trinajstić information content (AvgIpc) is 1.30. The van der Waals surface area contributed by atoms with Gasteiger partial charge in [0.15, 0.2) is 0 Å². The number of halogens is 1. The number of hydrogen-bond donors (Lipinski definition) is 1. The fraction of sp³-hybridized carbons (Fsp3) is 1.00. The fourth-order valence-electron chi connectivity index (χ4n) is 0.159. The van der Waals surface area contributed by atoms with Gasteiger partial charge in [-0.05, 0) is 6.92 Å². The molecule has 8 heavy (non-hydrogen) atoms. The maximum Gasteiger partial charge on any atom is 0.510 e. The van der Waals surface area contributed by atoms with E-state index in [9.17, 15) is 8.76 Å². The first-order valence-corrected chi connectivity index (χ1v) is 3.20. The van der Waals surface area contributed by atoms with E-state index in [1.54, 1.807) is 0 Å². The van der Waals surface area contributed by atoms with Crippen molar-refractivity contribution in [3.05, 3.63) is 0 Å². The third kappa shape index (κ3) is 10.7. The monoisotopic (exact) mass is 167 g/mol. The van der Waals surface area contributed by atoms with E-state index >= 15 is 0 Å². The molecule has 3 nitrogen and oxygen atoms in total. The van der Waals surface area contributed by atoms with E-state index in [1.165, 1.54) is 6.92 Å². The minimum atomic E-state index is -4.67. The van der Waals surface area contributed by atoms with E-state index in [-0.39, 0.29) is 58.0 Å². The van der Waals surface area contributed by atoms with Gasteiger partial charge in [-0.15, -0.1) is 4.20 Å². The standard InChI is InChI=1S/C2H6FO3P.K/c1-2-6-7(3,4)5;/h2H2,1H3,(H,4,5);. The molecule has 0 spiro atoms. The molecule has 0 fully saturated rings. The molecule has 0 bridgehead atoms. The normalized spacial score (nSPS) is 16.4. The van der Waals surface area contributed by atoms with Gasteiger partial charge in [-0.2, -0.15) is 0 Å². The minimum Gasteiger partial charge on any atom is -0.299 e. The molecule has 0 rings (SSSR count). The summed E-state index contributed by atoms with van der Waals surface area (Å²) in [6.45, 7) is 1.35. The Kier molecular flexibility index (Phi) is 8.52. The average molecular weight is 167 g/mol. The van der Waals surface area contributed by atoms with Gasteiger partial charge in [-0.3, -0.25) is 9.42 Å². The Morgan fingerprint density at radius 2 is 2.25 bits per heavy atom. The topological polar surface area (TPSA) is 46.5 Å². The van der Waals surface area contributed by atoms with Crippen LogP contribution in [0.5, 0.6) is 0 Å². The van der Waals surface area contributed by atoms with Gasteiger partial charge in [-0.1, -0.05) is 0 Å². The minimum absolute atomic E-state index is 0. The van der Waals surface area contributed by atoms with E-state index in [4.69, 9.17) is 4.89 Å². The van der Waals surface area contributed by atoms with E-state index < -0.39 is 7.91 Å². The molecule has 1 unspecified atom stereocenters. The molecular formula is C2H6FKO3P. The molecule has 0 amide bonds. The van der Waals surface area contributed by atoms with Crippen molar-refractivity contribution in [2.75, 3.05) is 6.61 Å². The smallest absolute Gasteiger partial charge is 0.299 e. The Labute approximate surface area is 89.7 Å². The Balaban J connectivity index is 0. The summed E-state index contributed by atoms with van der Waals surface area (Å²) in [4.78, 5) is 7.68. The zero-order valence-corrected chi connectivity index (χ0v) is 8.81. The summed E-state index contributed by atoms with van der Waals surface area (Å²) in [5.74, 6) is 0. The second-order valence-corrected chi connectivity index (χ2v) is 2.03. The van der Waals surface area contributed by atoms with Gasteiger partial charge in [0, 0.05) is 51.4 Å². The summed E-state index contributed by atoms with van der Waals surface area (Å²) < 4.78 is 24.4. The fourth-order valence-corrected chi connectivity index (χ4v) is 0.478. The van der Waals surface area contributed by atoms with Crippen LogP contribution in [-0.2, 0) is 9.09 Å². The molecule has 0 heterocycles. The summed E-state index contributed by atoms with van der Waals surface area (Å²) >= 11 is 0. The van der Waals surface area contributed by atoms with Crippen molar-refractivity contribution in [3.63, 3.8) is 0 Å². The molecule has 0 saturated heterocycles. The molecule has 0 aliphatic heterocycles. The quantitative estimate of drug-likeness (QED) is 0.486. The first kappa shape index (κ1) is 12.4. The van der Waals surface area contributed by atoms with Crippen LogP contribution in [0, 0.1) is 0 Å². The van der Waals surface area contributed by atoms with Crippen LogP contribution in [0.2, 0.25) is 0 Å². The summed E-state index contributed by atoms with van der Waals surface area (Å²) in [5.41, 5.74) is 0. The van der Waals surface area contributed by atoms with Crippen LogP contribution in [-0.4, -0.2) is 62.9 Å². The van der Waals surface area contributed by atoms with Gasteiger partial charge in [-0.25, -0.2) is 4.57 Å². The summed E-state index contributed by atoms with van der Waals surface area (Å²) in [6, 6.07) is 0. The largest absolute Gasteiger partial charge is 0.510 e. The molecule has 0 aliphatic rings. The molecule has 6 heteroatoms. The second-order valence-electron chi connectivity index (χ2n) is 0.869. The summed E-state index contributed by atoms with van der Waals surface area (Å²) in [7, 11) is -4.67. The number of hydrogen-bond acceptors (Lipinski definition) is 2. The van der Waals surface area contributed by atoms with Gasteiger partial charge < -0.3 is 0 Å². The van der Waals surface area contributed by atoms with E-state index in [0.717, 1.165) is 0 Å². The molecule has 45 valence electrons. The van der Waals surface area contributed by atoms with Crippen molar-refractivity contribution >= 4 is 59.3 Å². The maximum atomic E-state index is 11.3. The van der Waals surface area contributed by atoms with Crippen LogP contribution in [0.15, 0.2) is 0 Å². The van der Waals surface area contributed by atoms with Gasteiger partial charge in [0.05, 0.1) is 6.61 Å². The number of rotatable bonds is 2. The van der Waals surface area contributed by atoms with E-state index in [0.29, 0.717) is 0 Å². The molecule has 0 aliphatic carbocycles. The third-order valence-corrected chi connectivity index (χ3v) is 0.865. The molecule has 0 saturated carbocycles. The van der Waals surface area contributed by atoms with Crippen LogP contribution < -0.4 is 0 Å². The van der Waals surface area contributed by atoms with Crippen molar-refractivity contribution in [2.24, 2.45) is 0 Å². The zero-order chi connectivity index (χ0) is 5.91. The molecule has 0 aromatic heterocycles. The predicted octanol–water partition coefficient (Wildman–Crippen LogP) is 0.712. The Morgan fingerprint density at radius 3 is 2.25 bits per heavy atom. The SMILES string of the molecule is CCOP(=O)(O)F.[K]. The molecule has 1 N–H and O–H groups in total. The van der Waals surface area contributed by atoms with Gasteiger partial charge in [0.1, 0.15) is 0 Å². The van der Waals surface area contributed by atoms with E-state index in [1.807, 2.05) is 0 Å². The molecule has 0 aromatic carbocycles. The zero-order valence-electron chi connectivity index (χ0n) is 4.80. The summed E-state index contributed by atoms with van der Waals surface area (Å²) in [5, 5.41) is 0. The van der Waals surface area contributed by atoms with Crippen LogP contribution in [0.25, 0.3) is 0 Å². The molecule has 1 radical (unpaired) electrons. The first-order valence-electron chi connectivity index (χ1n) is 1.73. The molecular weight excluding hydrogens is 161 g/mol. The van der Waals surface area contributed by atoms with E-state index in [2.05, 4.69) is 4.52 Å². The van der Waals surface area contributed by atoms with Crippen LogP contribution in [0.3, 0.4) is 0 Å². The van der Waals surface area contributed by atoms with Crippen molar-refractivity contribution in [1.29, 1.82) is 0 Å². The van der Waals surface area contributed by atoms with Crippen molar-refractivity contribution < 1.29 is 18.2 Å². The van der Waals surface area contributed by atoms with Gasteiger partial charge >= 0.3 is 7.91 Å². The molecule has 0 aromatic rings. The van der Waals surface area contributed by atoms with Crippen molar-refractivity contribution in [3.8, 4) is 0 Å². The Hall–Kier alpha value is 1.72. The first-order chi connectivity index (χ1) is 3.06. The van der Waals surface area contributed by atoms with Crippen LogP contribution >= 0.6 is 7.91 Å². The maximum absolute atomic E-state index is 11.3. The van der Waals surface area contributed by atoms with Crippen molar-refractivity contribution in [1.82, 2.24) is 0 Å². The second kappa shape index (κ2) is 5.50. The third-order valence-electron chi connectivity index (χ3n) is 0.288. The predicted molar refractivity (Wildman–Crippen MR) is 28.3 cm³/mol. The molecule has 1 atom stereocenters. The van der Waals surface area contributed by atoms with Crippen LogP contribution in [0.4, 0.5) is 4.20 Å².